The summed E-state index contributed by atoms with van der Waals surface area (Å²) in [6, 6.07) is 41.8. The Morgan fingerprint density at radius 1 is 0.419 bits per heavy atom. The average molecular weight is 551 g/mol. The van der Waals surface area contributed by atoms with E-state index in [0.29, 0.717) is 23.1 Å². The van der Waals surface area contributed by atoms with Crippen molar-refractivity contribution in [2.75, 3.05) is 0 Å². The molecule has 0 radical (unpaired) electrons. The van der Waals surface area contributed by atoms with Crippen LogP contribution in [0.1, 0.15) is 0 Å². The summed E-state index contributed by atoms with van der Waals surface area (Å²) >= 11 is 0. The standard InChI is InChI=1S/C38H22N4O/c1-2-9-25(10-3-1)36-40-37(42-38(41-36)32-21-39-22-34-35(32)30-12-6-7-13-33(30)43-34)26-15-14-24-17-18-28-27-11-5-4-8-23(27)16-19-29(28)31(24)20-26/h1-22H. The van der Waals surface area contributed by atoms with E-state index in [-0.39, 0.29) is 0 Å². The summed E-state index contributed by atoms with van der Waals surface area (Å²) in [6.45, 7) is 0. The van der Waals surface area contributed by atoms with Crippen LogP contribution in [-0.4, -0.2) is 19.9 Å². The number of nitrogens with zero attached hydrogens (tertiary/aromatic N) is 4. The van der Waals surface area contributed by atoms with Crippen molar-refractivity contribution < 1.29 is 4.42 Å². The van der Waals surface area contributed by atoms with Crippen LogP contribution in [0.25, 0.3) is 88.4 Å². The lowest BCUT2D eigenvalue weighted by molar-refractivity contribution is 0.667. The first-order chi connectivity index (χ1) is 21.3. The third kappa shape index (κ3) is 3.79. The van der Waals surface area contributed by atoms with Crippen LogP contribution in [0.2, 0.25) is 0 Å². The average Bonchev–Trinajstić information content (AvgIpc) is 3.47. The van der Waals surface area contributed by atoms with E-state index in [1.54, 1.807) is 6.20 Å². The Labute approximate surface area is 246 Å². The molecule has 5 nitrogen and oxygen atoms in total. The summed E-state index contributed by atoms with van der Waals surface area (Å²) in [5.41, 5.74) is 4.15. The van der Waals surface area contributed by atoms with Gasteiger partial charge in [-0.15, -0.1) is 0 Å². The maximum atomic E-state index is 6.13. The van der Waals surface area contributed by atoms with Gasteiger partial charge in [-0.2, -0.15) is 0 Å². The molecule has 6 aromatic carbocycles. The molecule has 0 aliphatic heterocycles. The number of hydrogen-bond acceptors (Lipinski definition) is 5. The number of rotatable bonds is 3. The molecular weight excluding hydrogens is 528 g/mol. The van der Waals surface area contributed by atoms with Crippen LogP contribution in [0.5, 0.6) is 0 Å². The maximum absolute atomic E-state index is 6.13. The molecule has 3 heterocycles. The Hall–Kier alpha value is -5.94. The van der Waals surface area contributed by atoms with Crippen LogP contribution in [-0.2, 0) is 0 Å². The largest absolute Gasteiger partial charge is 0.454 e. The fourth-order valence-electron chi connectivity index (χ4n) is 6.15. The fraction of sp³-hybridized carbons (Fsp3) is 0. The van der Waals surface area contributed by atoms with E-state index in [2.05, 4.69) is 77.8 Å². The van der Waals surface area contributed by atoms with Crippen molar-refractivity contribution in [1.82, 2.24) is 19.9 Å². The van der Waals surface area contributed by atoms with Gasteiger partial charge in [0.15, 0.2) is 23.1 Å². The molecule has 3 aromatic heterocycles. The van der Waals surface area contributed by atoms with Gasteiger partial charge in [-0.3, -0.25) is 4.98 Å². The van der Waals surface area contributed by atoms with Gasteiger partial charge < -0.3 is 4.42 Å². The maximum Gasteiger partial charge on any atom is 0.166 e. The highest BCUT2D eigenvalue weighted by atomic mass is 16.3. The van der Waals surface area contributed by atoms with Crippen molar-refractivity contribution in [3.8, 4) is 34.2 Å². The lowest BCUT2D eigenvalue weighted by Gasteiger charge is -2.11. The molecular formula is C38H22N4O. The van der Waals surface area contributed by atoms with Gasteiger partial charge >= 0.3 is 0 Å². The van der Waals surface area contributed by atoms with Gasteiger partial charge in [0.2, 0.25) is 0 Å². The summed E-state index contributed by atoms with van der Waals surface area (Å²) in [5, 5.41) is 9.18. The molecule has 0 aliphatic rings. The Balaban J connectivity index is 1.31. The minimum Gasteiger partial charge on any atom is -0.454 e. The molecule has 0 saturated carbocycles. The third-order valence-corrected chi connectivity index (χ3v) is 8.20. The van der Waals surface area contributed by atoms with E-state index < -0.39 is 0 Å². The SMILES string of the molecule is c1ccc(-c2nc(-c3ccc4ccc5c6ccccc6ccc5c4c3)nc(-c3cncc4oc5ccccc5c34)n2)cc1. The molecule has 0 fully saturated rings. The van der Waals surface area contributed by atoms with Crippen molar-refractivity contribution >= 4 is 54.3 Å². The van der Waals surface area contributed by atoms with E-state index >= 15 is 0 Å². The lowest BCUT2D eigenvalue weighted by Crippen LogP contribution is -2.00. The zero-order valence-electron chi connectivity index (χ0n) is 22.9. The van der Waals surface area contributed by atoms with Crippen LogP contribution < -0.4 is 0 Å². The number of pyridine rings is 1. The van der Waals surface area contributed by atoms with E-state index in [4.69, 9.17) is 19.4 Å². The van der Waals surface area contributed by atoms with Crippen molar-refractivity contribution in [2.45, 2.75) is 0 Å². The zero-order valence-corrected chi connectivity index (χ0v) is 22.9. The van der Waals surface area contributed by atoms with Crippen LogP contribution in [0, 0.1) is 0 Å². The van der Waals surface area contributed by atoms with Crippen molar-refractivity contribution in [3.05, 3.63) is 134 Å². The molecule has 0 aliphatic carbocycles. The first kappa shape index (κ1) is 23.7. The molecule has 200 valence electrons. The molecule has 0 N–H and O–H groups in total. The monoisotopic (exact) mass is 550 g/mol. The zero-order chi connectivity index (χ0) is 28.3. The van der Waals surface area contributed by atoms with E-state index in [1.165, 1.54) is 26.9 Å². The first-order valence-corrected chi connectivity index (χ1v) is 14.2. The van der Waals surface area contributed by atoms with Crippen LogP contribution >= 0.6 is 0 Å². The molecule has 5 heteroatoms. The highest BCUT2D eigenvalue weighted by Crippen LogP contribution is 2.37. The molecule has 9 aromatic rings. The van der Waals surface area contributed by atoms with Crippen LogP contribution in [0.4, 0.5) is 0 Å². The highest BCUT2D eigenvalue weighted by molar-refractivity contribution is 6.17. The second kappa shape index (κ2) is 9.29. The Morgan fingerprint density at radius 3 is 1.93 bits per heavy atom. The number of hydrogen-bond donors (Lipinski definition) is 0. The van der Waals surface area contributed by atoms with E-state index in [0.717, 1.165) is 38.4 Å². The number of aromatic nitrogens is 4. The Morgan fingerprint density at radius 2 is 1.07 bits per heavy atom. The molecule has 43 heavy (non-hydrogen) atoms. The predicted octanol–water partition coefficient (Wildman–Crippen LogP) is 9.63. The van der Waals surface area contributed by atoms with E-state index in [1.807, 2.05) is 54.7 Å². The molecule has 0 bridgehead atoms. The van der Waals surface area contributed by atoms with Gasteiger partial charge in [0.1, 0.15) is 5.58 Å². The summed E-state index contributed by atoms with van der Waals surface area (Å²) in [4.78, 5) is 19.5. The van der Waals surface area contributed by atoms with Crippen LogP contribution in [0.15, 0.2) is 138 Å². The molecule has 0 amide bonds. The fourth-order valence-corrected chi connectivity index (χ4v) is 6.15. The Kier molecular flexibility index (Phi) is 5.13. The number of fused-ring (bicyclic) bond motifs is 8. The van der Waals surface area contributed by atoms with Crippen molar-refractivity contribution in [1.29, 1.82) is 0 Å². The second-order valence-electron chi connectivity index (χ2n) is 10.7. The van der Waals surface area contributed by atoms with Gasteiger partial charge in [0.25, 0.3) is 0 Å². The minimum atomic E-state index is 0.553. The smallest absolute Gasteiger partial charge is 0.166 e. The van der Waals surface area contributed by atoms with Gasteiger partial charge in [-0.05, 0) is 44.5 Å². The predicted molar refractivity (Wildman–Crippen MR) is 174 cm³/mol. The number of furan rings is 1. The van der Waals surface area contributed by atoms with Crippen LogP contribution in [0.3, 0.4) is 0 Å². The minimum absolute atomic E-state index is 0.553. The number of para-hydroxylation sites is 1. The summed E-state index contributed by atoms with van der Waals surface area (Å²) in [5.74, 6) is 1.76. The summed E-state index contributed by atoms with van der Waals surface area (Å²) in [6.07, 6.45) is 3.56. The Bertz CT molecular complexity index is 2520. The molecule has 0 unspecified atom stereocenters. The lowest BCUT2D eigenvalue weighted by atomic mass is 9.96. The van der Waals surface area contributed by atoms with Gasteiger partial charge in [0.05, 0.1) is 6.20 Å². The normalized spacial score (nSPS) is 11.7. The molecule has 9 rings (SSSR count). The van der Waals surface area contributed by atoms with Gasteiger partial charge in [0, 0.05) is 33.7 Å². The van der Waals surface area contributed by atoms with Crippen molar-refractivity contribution in [3.63, 3.8) is 0 Å². The topological polar surface area (TPSA) is 64.7 Å². The van der Waals surface area contributed by atoms with Crippen molar-refractivity contribution in [2.24, 2.45) is 0 Å². The third-order valence-electron chi connectivity index (χ3n) is 8.20. The highest BCUT2D eigenvalue weighted by Gasteiger charge is 2.18. The van der Waals surface area contributed by atoms with Gasteiger partial charge in [-0.1, -0.05) is 109 Å². The summed E-state index contributed by atoms with van der Waals surface area (Å²) < 4.78 is 6.13. The van der Waals surface area contributed by atoms with Gasteiger partial charge in [-0.25, -0.2) is 15.0 Å². The number of benzene rings is 6. The second-order valence-corrected chi connectivity index (χ2v) is 10.7. The summed E-state index contributed by atoms with van der Waals surface area (Å²) in [7, 11) is 0. The van der Waals surface area contributed by atoms with E-state index in [9.17, 15) is 0 Å². The molecule has 0 saturated heterocycles. The molecule has 0 atom stereocenters. The quantitative estimate of drug-likeness (QED) is 0.205. The first-order valence-electron chi connectivity index (χ1n) is 14.2. The molecule has 0 spiro atoms.